The number of nitrogens with one attached hydrogen (secondary N) is 1. The second kappa shape index (κ2) is 7.10. The molecule has 104 valence electrons. The fraction of sp³-hybridized carbons (Fsp3) is 0.929. The van der Waals surface area contributed by atoms with E-state index in [4.69, 9.17) is 4.74 Å². The van der Waals surface area contributed by atoms with Gasteiger partial charge in [0.25, 0.3) is 0 Å². The molecule has 0 aromatic rings. The van der Waals surface area contributed by atoms with E-state index < -0.39 is 0 Å². The molecule has 4 nitrogen and oxygen atoms in total. The van der Waals surface area contributed by atoms with Gasteiger partial charge in [0.1, 0.15) is 6.61 Å². The smallest absolute Gasteiger partial charge is 0.248 e. The largest absolute Gasteiger partial charge is 0.372 e. The molecular weight excluding hydrogens is 228 g/mol. The standard InChI is InChI=1S/C14H26N2O2/c1-2-16(13-5-6-13)14(17)11-18-9-7-12-4-3-8-15-10-12/h12-13,15H,2-11H2,1H3. The first-order valence-corrected chi connectivity index (χ1v) is 7.39. The van der Waals surface area contributed by atoms with Crippen molar-refractivity contribution in [2.45, 2.75) is 45.1 Å². The van der Waals surface area contributed by atoms with Crippen molar-refractivity contribution < 1.29 is 9.53 Å². The van der Waals surface area contributed by atoms with Crippen LogP contribution in [-0.4, -0.2) is 49.7 Å². The lowest BCUT2D eigenvalue weighted by molar-refractivity contribution is -0.136. The molecule has 0 aromatic carbocycles. The molecule has 0 aromatic heterocycles. The van der Waals surface area contributed by atoms with Gasteiger partial charge in [-0.1, -0.05) is 0 Å². The Morgan fingerprint density at radius 3 is 2.83 bits per heavy atom. The van der Waals surface area contributed by atoms with E-state index in [1.165, 1.54) is 25.7 Å². The zero-order chi connectivity index (χ0) is 12.8. The Bertz CT molecular complexity index is 261. The summed E-state index contributed by atoms with van der Waals surface area (Å²) in [7, 11) is 0. The highest BCUT2D eigenvalue weighted by Crippen LogP contribution is 2.26. The van der Waals surface area contributed by atoms with Crippen LogP contribution in [0.2, 0.25) is 0 Å². The Kier molecular flexibility index (Phi) is 5.45. The number of ether oxygens (including phenoxy) is 1. The van der Waals surface area contributed by atoms with Crippen molar-refractivity contribution in [3.8, 4) is 0 Å². The topological polar surface area (TPSA) is 41.6 Å². The molecule has 1 unspecified atom stereocenters. The third-order valence-electron chi connectivity index (χ3n) is 3.94. The molecule has 0 spiro atoms. The van der Waals surface area contributed by atoms with Gasteiger partial charge < -0.3 is 15.0 Å². The molecule has 1 heterocycles. The van der Waals surface area contributed by atoms with Crippen LogP contribution in [0.4, 0.5) is 0 Å². The molecule has 1 atom stereocenters. The lowest BCUT2D eigenvalue weighted by Gasteiger charge is -2.23. The summed E-state index contributed by atoms with van der Waals surface area (Å²) in [6.45, 7) is 6.12. The summed E-state index contributed by atoms with van der Waals surface area (Å²) in [5.41, 5.74) is 0. The molecule has 2 fully saturated rings. The quantitative estimate of drug-likeness (QED) is 0.698. The minimum atomic E-state index is 0.168. The maximum absolute atomic E-state index is 11.9. The first kappa shape index (κ1) is 13.8. The highest BCUT2D eigenvalue weighted by Gasteiger charge is 2.31. The average molecular weight is 254 g/mol. The number of hydrogen-bond acceptors (Lipinski definition) is 3. The van der Waals surface area contributed by atoms with Gasteiger partial charge in [-0.05, 0) is 58.0 Å². The lowest BCUT2D eigenvalue weighted by atomic mass is 9.97. The SMILES string of the molecule is CCN(C(=O)COCCC1CCCNC1)C1CC1. The number of nitrogens with zero attached hydrogens (tertiary/aromatic N) is 1. The van der Waals surface area contributed by atoms with Crippen LogP contribution in [0.25, 0.3) is 0 Å². The van der Waals surface area contributed by atoms with Gasteiger partial charge in [0.15, 0.2) is 0 Å². The fourth-order valence-corrected chi connectivity index (χ4v) is 2.69. The molecular formula is C14H26N2O2. The number of carbonyl (C=O) groups excluding carboxylic acids is 1. The summed E-state index contributed by atoms with van der Waals surface area (Å²) < 4.78 is 5.54. The van der Waals surface area contributed by atoms with E-state index in [0.717, 1.165) is 38.6 Å². The summed E-state index contributed by atoms with van der Waals surface area (Å²) in [6, 6.07) is 0.508. The van der Waals surface area contributed by atoms with E-state index in [1.807, 2.05) is 11.8 Å². The molecule has 2 aliphatic rings. The first-order valence-electron chi connectivity index (χ1n) is 7.39. The fourth-order valence-electron chi connectivity index (χ4n) is 2.69. The summed E-state index contributed by atoms with van der Waals surface area (Å²) in [4.78, 5) is 13.9. The Morgan fingerprint density at radius 1 is 1.39 bits per heavy atom. The van der Waals surface area contributed by atoms with Crippen LogP contribution in [0.15, 0.2) is 0 Å². The van der Waals surface area contributed by atoms with Crippen LogP contribution in [-0.2, 0) is 9.53 Å². The summed E-state index contributed by atoms with van der Waals surface area (Å²) in [5, 5.41) is 3.40. The Hall–Kier alpha value is -0.610. The van der Waals surface area contributed by atoms with E-state index in [2.05, 4.69) is 5.32 Å². The van der Waals surface area contributed by atoms with E-state index in [0.29, 0.717) is 6.04 Å². The third kappa shape index (κ3) is 4.25. The zero-order valence-corrected chi connectivity index (χ0v) is 11.5. The average Bonchev–Trinajstić information content (AvgIpc) is 3.21. The van der Waals surface area contributed by atoms with Crippen LogP contribution < -0.4 is 5.32 Å². The van der Waals surface area contributed by atoms with Crippen molar-refractivity contribution >= 4 is 5.91 Å². The van der Waals surface area contributed by atoms with Gasteiger partial charge in [0.2, 0.25) is 5.91 Å². The summed E-state index contributed by atoms with van der Waals surface area (Å²) in [6.07, 6.45) is 6.00. The van der Waals surface area contributed by atoms with E-state index in [9.17, 15) is 4.79 Å². The molecule has 1 saturated heterocycles. The Balaban J connectivity index is 1.55. The van der Waals surface area contributed by atoms with E-state index in [1.54, 1.807) is 0 Å². The van der Waals surface area contributed by atoms with Crippen LogP contribution >= 0.6 is 0 Å². The normalized spacial score (nSPS) is 23.9. The predicted octanol–water partition coefficient (Wildman–Crippen LogP) is 1.40. The molecule has 2 rings (SSSR count). The van der Waals surface area contributed by atoms with Crippen molar-refractivity contribution in [2.24, 2.45) is 5.92 Å². The van der Waals surface area contributed by atoms with Gasteiger partial charge in [-0.15, -0.1) is 0 Å². The number of likely N-dealkylation sites (N-methyl/N-ethyl adjacent to an activating group) is 1. The lowest BCUT2D eigenvalue weighted by Crippen LogP contribution is -2.36. The first-order chi connectivity index (χ1) is 8.81. The minimum absolute atomic E-state index is 0.168. The maximum atomic E-state index is 11.9. The maximum Gasteiger partial charge on any atom is 0.248 e. The predicted molar refractivity (Wildman–Crippen MR) is 71.4 cm³/mol. The molecule has 18 heavy (non-hydrogen) atoms. The van der Waals surface area contributed by atoms with E-state index in [-0.39, 0.29) is 12.5 Å². The molecule has 1 saturated carbocycles. The molecule has 1 amide bonds. The van der Waals surface area contributed by atoms with Crippen molar-refractivity contribution in [1.29, 1.82) is 0 Å². The molecule has 4 heteroatoms. The number of amides is 1. The molecule has 1 aliphatic carbocycles. The van der Waals surface area contributed by atoms with Crippen LogP contribution in [0.3, 0.4) is 0 Å². The summed E-state index contributed by atoms with van der Waals surface area (Å²) >= 11 is 0. The van der Waals surface area contributed by atoms with Crippen molar-refractivity contribution in [3.63, 3.8) is 0 Å². The van der Waals surface area contributed by atoms with Gasteiger partial charge in [0, 0.05) is 19.2 Å². The molecule has 0 bridgehead atoms. The van der Waals surface area contributed by atoms with Gasteiger partial charge in [-0.2, -0.15) is 0 Å². The minimum Gasteiger partial charge on any atom is -0.372 e. The molecule has 0 radical (unpaired) electrons. The third-order valence-corrected chi connectivity index (χ3v) is 3.94. The van der Waals surface area contributed by atoms with Crippen molar-refractivity contribution in [1.82, 2.24) is 10.2 Å². The summed E-state index contributed by atoms with van der Waals surface area (Å²) in [5.74, 6) is 0.904. The van der Waals surface area contributed by atoms with Crippen LogP contribution in [0.5, 0.6) is 0 Å². The second-order valence-electron chi connectivity index (χ2n) is 5.46. The number of piperidine rings is 1. The Labute approximate surface area is 110 Å². The van der Waals surface area contributed by atoms with Gasteiger partial charge in [-0.3, -0.25) is 4.79 Å². The van der Waals surface area contributed by atoms with Gasteiger partial charge >= 0.3 is 0 Å². The Morgan fingerprint density at radius 2 is 2.22 bits per heavy atom. The molecule has 1 aliphatic heterocycles. The zero-order valence-electron chi connectivity index (χ0n) is 11.5. The number of carbonyl (C=O) groups is 1. The van der Waals surface area contributed by atoms with Crippen LogP contribution in [0, 0.1) is 5.92 Å². The van der Waals surface area contributed by atoms with Crippen molar-refractivity contribution in [2.75, 3.05) is 32.8 Å². The monoisotopic (exact) mass is 254 g/mol. The van der Waals surface area contributed by atoms with E-state index >= 15 is 0 Å². The van der Waals surface area contributed by atoms with Crippen LogP contribution in [0.1, 0.15) is 39.0 Å². The van der Waals surface area contributed by atoms with Gasteiger partial charge in [0.05, 0.1) is 0 Å². The van der Waals surface area contributed by atoms with Crippen molar-refractivity contribution in [3.05, 3.63) is 0 Å². The van der Waals surface area contributed by atoms with Gasteiger partial charge in [-0.25, -0.2) is 0 Å². The molecule has 1 N–H and O–H groups in total. The number of hydrogen-bond donors (Lipinski definition) is 1. The number of rotatable bonds is 7. The highest BCUT2D eigenvalue weighted by molar-refractivity contribution is 5.78. The second-order valence-corrected chi connectivity index (χ2v) is 5.46. The highest BCUT2D eigenvalue weighted by atomic mass is 16.5.